The molecule has 2 aromatic carbocycles. The Morgan fingerprint density at radius 1 is 1.03 bits per heavy atom. The quantitative estimate of drug-likeness (QED) is 0.665. The van der Waals surface area contributed by atoms with Gasteiger partial charge in [0.2, 0.25) is 15.9 Å². The molecule has 0 radical (unpaired) electrons. The standard InChI is InChI=1S/C23H31FN2O4S/c1-14-15(2)17(4)23(18(5)16(14)3)31(28,29)25-11-10-22(27)26(6)13-19-8-9-21(30-7)20(24)12-19/h8-9,12,25H,10-11,13H2,1-7H3. The molecule has 0 atom stereocenters. The fourth-order valence-corrected chi connectivity index (χ4v) is 5.22. The van der Waals surface area contributed by atoms with Gasteiger partial charge in [-0.1, -0.05) is 6.07 Å². The van der Waals surface area contributed by atoms with E-state index in [9.17, 15) is 17.6 Å². The molecule has 1 amide bonds. The number of sulfonamides is 1. The van der Waals surface area contributed by atoms with E-state index in [1.54, 1.807) is 27.0 Å². The first-order valence-electron chi connectivity index (χ1n) is 10.0. The highest BCUT2D eigenvalue weighted by Gasteiger charge is 2.23. The van der Waals surface area contributed by atoms with Gasteiger partial charge in [-0.15, -0.1) is 0 Å². The van der Waals surface area contributed by atoms with E-state index in [0.29, 0.717) is 5.56 Å². The molecule has 0 aliphatic heterocycles. The Balaban J connectivity index is 2.04. The van der Waals surface area contributed by atoms with E-state index in [0.717, 1.165) is 27.8 Å². The average molecular weight is 451 g/mol. The lowest BCUT2D eigenvalue weighted by molar-refractivity contribution is -0.130. The Labute approximate surface area is 184 Å². The van der Waals surface area contributed by atoms with Gasteiger partial charge in [-0.2, -0.15) is 0 Å². The number of ether oxygens (including phenoxy) is 1. The van der Waals surface area contributed by atoms with E-state index >= 15 is 0 Å². The van der Waals surface area contributed by atoms with Crippen LogP contribution in [0.3, 0.4) is 0 Å². The van der Waals surface area contributed by atoms with Gasteiger partial charge in [0.15, 0.2) is 11.6 Å². The summed E-state index contributed by atoms with van der Waals surface area (Å²) < 4.78 is 47.2. The fourth-order valence-electron chi connectivity index (χ4n) is 3.59. The third-order valence-electron chi connectivity index (χ3n) is 5.89. The van der Waals surface area contributed by atoms with Gasteiger partial charge in [0.1, 0.15) is 0 Å². The number of hydrogen-bond donors (Lipinski definition) is 1. The molecule has 0 heterocycles. The number of nitrogens with zero attached hydrogens (tertiary/aromatic N) is 1. The number of halogens is 1. The van der Waals surface area contributed by atoms with Crippen molar-refractivity contribution in [1.82, 2.24) is 9.62 Å². The highest BCUT2D eigenvalue weighted by molar-refractivity contribution is 7.89. The summed E-state index contributed by atoms with van der Waals surface area (Å²) in [7, 11) is -0.778. The van der Waals surface area contributed by atoms with Crippen LogP contribution in [-0.4, -0.2) is 39.9 Å². The predicted molar refractivity (Wildman–Crippen MR) is 119 cm³/mol. The maximum atomic E-state index is 13.8. The van der Waals surface area contributed by atoms with Crippen molar-refractivity contribution in [3.05, 3.63) is 57.4 Å². The van der Waals surface area contributed by atoms with Crippen LogP contribution < -0.4 is 9.46 Å². The fraction of sp³-hybridized carbons (Fsp3) is 0.435. The molecule has 0 bridgehead atoms. The zero-order valence-electron chi connectivity index (χ0n) is 19.2. The second-order valence-corrected chi connectivity index (χ2v) is 9.52. The van der Waals surface area contributed by atoms with Gasteiger partial charge in [-0.25, -0.2) is 17.5 Å². The molecule has 31 heavy (non-hydrogen) atoms. The van der Waals surface area contributed by atoms with Crippen LogP contribution in [0.2, 0.25) is 0 Å². The van der Waals surface area contributed by atoms with Gasteiger partial charge in [-0.05, 0) is 80.1 Å². The maximum Gasteiger partial charge on any atom is 0.241 e. The largest absolute Gasteiger partial charge is 0.494 e. The summed E-state index contributed by atoms with van der Waals surface area (Å²) in [6.45, 7) is 9.60. The van der Waals surface area contributed by atoms with E-state index < -0.39 is 15.8 Å². The summed E-state index contributed by atoms with van der Waals surface area (Å²) >= 11 is 0. The van der Waals surface area contributed by atoms with Crippen LogP contribution >= 0.6 is 0 Å². The topological polar surface area (TPSA) is 75.7 Å². The molecule has 0 saturated heterocycles. The number of benzene rings is 2. The van der Waals surface area contributed by atoms with Crippen molar-refractivity contribution in [3.63, 3.8) is 0 Å². The summed E-state index contributed by atoms with van der Waals surface area (Å²) in [6, 6.07) is 4.51. The molecule has 6 nitrogen and oxygen atoms in total. The SMILES string of the molecule is COc1ccc(CN(C)C(=O)CCNS(=O)(=O)c2c(C)c(C)c(C)c(C)c2C)cc1F. The lowest BCUT2D eigenvalue weighted by atomic mass is 9.95. The first-order valence-corrected chi connectivity index (χ1v) is 11.5. The third-order valence-corrected chi connectivity index (χ3v) is 7.63. The van der Waals surface area contributed by atoms with E-state index in [4.69, 9.17) is 4.74 Å². The second kappa shape index (κ2) is 9.78. The number of methoxy groups -OCH3 is 1. The van der Waals surface area contributed by atoms with Gasteiger partial charge in [-0.3, -0.25) is 4.79 Å². The molecule has 0 unspecified atom stereocenters. The zero-order chi connectivity index (χ0) is 23.5. The van der Waals surface area contributed by atoms with Crippen molar-refractivity contribution in [1.29, 1.82) is 0 Å². The van der Waals surface area contributed by atoms with Crippen LogP contribution in [0.5, 0.6) is 5.75 Å². The maximum absolute atomic E-state index is 13.8. The first kappa shape index (κ1) is 24.8. The van der Waals surface area contributed by atoms with Gasteiger partial charge >= 0.3 is 0 Å². The van der Waals surface area contributed by atoms with Crippen molar-refractivity contribution in [2.75, 3.05) is 20.7 Å². The minimum Gasteiger partial charge on any atom is -0.494 e. The van der Waals surface area contributed by atoms with Crippen LogP contribution in [0, 0.1) is 40.4 Å². The van der Waals surface area contributed by atoms with Crippen molar-refractivity contribution in [2.45, 2.75) is 52.5 Å². The minimum atomic E-state index is -3.76. The van der Waals surface area contributed by atoms with Gasteiger partial charge in [0, 0.05) is 26.6 Å². The lowest BCUT2D eigenvalue weighted by Crippen LogP contribution is -2.32. The van der Waals surface area contributed by atoms with Crippen molar-refractivity contribution >= 4 is 15.9 Å². The summed E-state index contributed by atoms with van der Waals surface area (Å²) in [5.41, 5.74) is 5.04. The average Bonchev–Trinajstić information content (AvgIpc) is 2.70. The number of nitrogens with one attached hydrogen (secondary N) is 1. The molecule has 8 heteroatoms. The molecular formula is C23H31FN2O4S. The molecule has 1 N–H and O–H groups in total. The summed E-state index contributed by atoms with van der Waals surface area (Å²) in [6.07, 6.45) is -0.00368. The molecule has 2 aromatic rings. The van der Waals surface area contributed by atoms with Crippen LogP contribution in [0.25, 0.3) is 0 Å². The highest BCUT2D eigenvalue weighted by atomic mass is 32.2. The van der Waals surface area contributed by atoms with Gasteiger partial charge < -0.3 is 9.64 Å². The molecule has 0 saturated carbocycles. The molecule has 2 rings (SSSR count). The smallest absolute Gasteiger partial charge is 0.241 e. The molecule has 0 aliphatic carbocycles. The molecule has 0 spiro atoms. The number of carbonyl (C=O) groups excluding carboxylic acids is 1. The molecule has 170 valence electrons. The summed E-state index contributed by atoms with van der Waals surface area (Å²) in [5.74, 6) is -0.606. The monoisotopic (exact) mass is 450 g/mol. The number of rotatable bonds is 8. The van der Waals surface area contributed by atoms with Crippen LogP contribution in [0.1, 0.15) is 39.8 Å². The summed E-state index contributed by atoms with van der Waals surface area (Å²) in [4.78, 5) is 14.2. The lowest BCUT2D eigenvalue weighted by Gasteiger charge is -2.20. The Bertz CT molecular complexity index is 1070. The number of hydrogen-bond acceptors (Lipinski definition) is 4. The first-order chi connectivity index (χ1) is 14.4. The van der Waals surface area contributed by atoms with Crippen LogP contribution in [0.4, 0.5) is 4.39 Å². The Kier molecular flexibility index (Phi) is 7.83. The van der Waals surface area contributed by atoms with Crippen molar-refractivity contribution in [2.24, 2.45) is 0 Å². The van der Waals surface area contributed by atoms with Crippen LogP contribution in [0.15, 0.2) is 23.1 Å². The molecule has 0 aliphatic rings. The molecule has 0 aromatic heterocycles. The van der Waals surface area contributed by atoms with E-state index in [-0.39, 0.29) is 36.1 Å². The highest BCUT2D eigenvalue weighted by Crippen LogP contribution is 2.29. The Morgan fingerprint density at radius 3 is 2.10 bits per heavy atom. The Morgan fingerprint density at radius 2 is 1.58 bits per heavy atom. The summed E-state index contributed by atoms with van der Waals surface area (Å²) in [5, 5.41) is 0. The molecular weight excluding hydrogens is 419 g/mol. The van der Waals surface area contributed by atoms with E-state index in [1.165, 1.54) is 24.1 Å². The van der Waals surface area contributed by atoms with E-state index in [1.807, 2.05) is 20.8 Å². The minimum absolute atomic E-state index is 0.00368. The zero-order valence-corrected chi connectivity index (χ0v) is 20.0. The van der Waals surface area contributed by atoms with Gasteiger partial charge in [0.25, 0.3) is 0 Å². The predicted octanol–water partition coefficient (Wildman–Crippen LogP) is 3.70. The van der Waals surface area contributed by atoms with Crippen molar-refractivity contribution in [3.8, 4) is 5.75 Å². The normalized spacial score (nSPS) is 11.5. The second-order valence-electron chi connectivity index (χ2n) is 7.82. The number of amides is 1. The molecule has 0 fully saturated rings. The van der Waals surface area contributed by atoms with Crippen molar-refractivity contribution < 1.29 is 22.3 Å². The van der Waals surface area contributed by atoms with Gasteiger partial charge in [0.05, 0.1) is 12.0 Å². The van der Waals surface area contributed by atoms with Crippen LogP contribution in [-0.2, 0) is 21.4 Å². The third kappa shape index (κ3) is 5.43. The number of carbonyl (C=O) groups is 1. The van der Waals surface area contributed by atoms with E-state index in [2.05, 4.69) is 4.72 Å². The Hall–Kier alpha value is -2.45.